The summed E-state index contributed by atoms with van der Waals surface area (Å²) in [4.78, 5) is 0. The van der Waals surface area contributed by atoms with Gasteiger partial charge in [0.15, 0.2) is 11.5 Å². The van der Waals surface area contributed by atoms with Gasteiger partial charge in [0, 0.05) is 12.1 Å². The molecule has 1 fully saturated rings. The molecule has 0 aliphatic heterocycles. The third kappa shape index (κ3) is 4.39. The molecule has 4 nitrogen and oxygen atoms in total. The molecule has 20 heavy (non-hydrogen) atoms. The summed E-state index contributed by atoms with van der Waals surface area (Å²) in [7, 11) is 1.66. The summed E-state index contributed by atoms with van der Waals surface area (Å²) in [5.74, 6) is 1.55. The maximum Gasteiger partial charge on any atom is 0.161 e. The first-order valence-corrected chi connectivity index (χ1v) is 7.43. The molecule has 1 aliphatic carbocycles. The molecule has 1 atom stereocenters. The van der Waals surface area contributed by atoms with Crippen molar-refractivity contribution < 1.29 is 14.6 Å². The molecular formula is C16H25NO3. The summed E-state index contributed by atoms with van der Waals surface area (Å²) in [6.45, 7) is 2.85. The van der Waals surface area contributed by atoms with Crippen LogP contribution < -0.4 is 14.8 Å². The Kier molecular flexibility index (Phi) is 5.68. The number of nitrogens with one attached hydrogen (secondary N) is 1. The number of aryl methyl sites for hydroxylation is 1. The van der Waals surface area contributed by atoms with E-state index >= 15 is 0 Å². The first kappa shape index (κ1) is 15.1. The zero-order valence-electron chi connectivity index (χ0n) is 12.4. The number of benzene rings is 1. The van der Waals surface area contributed by atoms with Crippen molar-refractivity contribution in [3.63, 3.8) is 0 Å². The molecule has 1 unspecified atom stereocenters. The van der Waals surface area contributed by atoms with E-state index in [-0.39, 0.29) is 12.6 Å². The Morgan fingerprint density at radius 3 is 2.75 bits per heavy atom. The van der Waals surface area contributed by atoms with E-state index in [9.17, 15) is 5.11 Å². The number of rotatable bonds is 9. The number of aliphatic hydroxyl groups is 1. The number of aliphatic hydroxyl groups excluding tert-OH is 1. The van der Waals surface area contributed by atoms with E-state index in [1.165, 1.54) is 18.4 Å². The fourth-order valence-electron chi connectivity index (χ4n) is 2.17. The minimum atomic E-state index is 0.128. The minimum Gasteiger partial charge on any atom is -0.493 e. The molecule has 2 rings (SSSR count). The van der Waals surface area contributed by atoms with Gasteiger partial charge in [-0.05, 0) is 43.4 Å². The topological polar surface area (TPSA) is 50.7 Å². The molecule has 4 heteroatoms. The number of ether oxygens (including phenoxy) is 2. The molecule has 0 heterocycles. The fourth-order valence-corrected chi connectivity index (χ4v) is 2.17. The highest BCUT2D eigenvalue weighted by Crippen LogP contribution is 2.28. The van der Waals surface area contributed by atoms with Crippen LogP contribution in [0.1, 0.15) is 31.7 Å². The van der Waals surface area contributed by atoms with Gasteiger partial charge in [-0.3, -0.25) is 0 Å². The van der Waals surface area contributed by atoms with Gasteiger partial charge in [0.1, 0.15) is 0 Å². The van der Waals surface area contributed by atoms with Crippen molar-refractivity contribution in [1.29, 1.82) is 0 Å². The van der Waals surface area contributed by atoms with E-state index < -0.39 is 0 Å². The van der Waals surface area contributed by atoms with E-state index in [0.717, 1.165) is 24.3 Å². The lowest BCUT2D eigenvalue weighted by Crippen LogP contribution is -2.35. The molecule has 1 aromatic rings. The monoisotopic (exact) mass is 279 g/mol. The Balaban J connectivity index is 1.82. The smallest absolute Gasteiger partial charge is 0.161 e. The van der Waals surface area contributed by atoms with Gasteiger partial charge in [-0.1, -0.05) is 13.0 Å². The quantitative estimate of drug-likeness (QED) is 0.727. The summed E-state index contributed by atoms with van der Waals surface area (Å²) in [5, 5.41) is 12.7. The molecule has 1 saturated carbocycles. The predicted octanol–water partition coefficient (Wildman–Crippen LogP) is 2.14. The van der Waals surface area contributed by atoms with Crippen LogP contribution in [0.15, 0.2) is 18.2 Å². The lowest BCUT2D eigenvalue weighted by Gasteiger charge is -2.17. The second-order valence-corrected chi connectivity index (χ2v) is 5.30. The molecule has 1 aliphatic rings. The molecular weight excluding hydrogens is 254 g/mol. The Morgan fingerprint density at radius 2 is 2.15 bits per heavy atom. The zero-order valence-corrected chi connectivity index (χ0v) is 12.4. The first-order valence-electron chi connectivity index (χ1n) is 7.43. The van der Waals surface area contributed by atoms with Crippen molar-refractivity contribution in [2.24, 2.45) is 0 Å². The normalized spacial score (nSPS) is 15.9. The fraction of sp³-hybridized carbons (Fsp3) is 0.625. The SMILES string of the molecule is CCc1ccc(OCCC(CO)NC2CC2)c(OC)c1. The molecule has 0 bridgehead atoms. The van der Waals surface area contributed by atoms with Gasteiger partial charge in [-0.25, -0.2) is 0 Å². The lowest BCUT2D eigenvalue weighted by molar-refractivity contribution is 0.205. The molecule has 1 aromatic carbocycles. The average molecular weight is 279 g/mol. The highest BCUT2D eigenvalue weighted by atomic mass is 16.5. The highest BCUT2D eigenvalue weighted by Gasteiger charge is 2.24. The van der Waals surface area contributed by atoms with Gasteiger partial charge < -0.3 is 19.9 Å². The third-order valence-corrected chi connectivity index (χ3v) is 3.63. The first-order chi connectivity index (χ1) is 9.76. The van der Waals surface area contributed by atoms with E-state index in [1.807, 2.05) is 12.1 Å². The van der Waals surface area contributed by atoms with Crippen LogP contribution >= 0.6 is 0 Å². The highest BCUT2D eigenvalue weighted by molar-refractivity contribution is 5.42. The summed E-state index contributed by atoms with van der Waals surface area (Å²) in [5.41, 5.74) is 1.23. The van der Waals surface area contributed by atoms with Crippen molar-refractivity contribution in [3.05, 3.63) is 23.8 Å². The van der Waals surface area contributed by atoms with Gasteiger partial charge in [0.2, 0.25) is 0 Å². The average Bonchev–Trinajstić information content (AvgIpc) is 3.30. The Hall–Kier alpha value is -1.26. The van der Waals surface area contributed by atoms with Crippen molar-refractivity contribution in [1.82, 2.24) is 5.32 Å². The molecule has 0 aromatic heterocycles. The van der Waals surface area contributed by atoms with Gasteiger partial charge in [-0.15, -0.1) is 0 Å². The van der Waals surface area contributed by atoms with Crippen LogP contribution in [-0.4, -0.2) is 37.5 Å². The standard InChI is InChI=1S/C16H25NO3/c1-3-12-4-7-15(16(10-12)19-2)20-9-8-14(11-18)17-13-5-6-13/h4,7,10,13-14,17-18H,3,5-6,8-9,11H2,1-2H3. The maximum absolute atomic E-state index is 9.33. The van der Waals surface area contributed by atoms with Crippen molar-refractivity contribution in [3.8, 4) is 11.5 Å². The number of hydrogen-bond donors (Lipinski definition) is 2. The number of methoxy groups -OCH3 is 1. The van der Waals surface area contributed by atoms with Crippen LogP contribution in [0.5, 0.6) is 11.5 Å². The van der Waals surface area contributed by atoms with Gasteiger partial charge in [0.05, 0.1) is 20.3 Å². The van der Waals surface area contributed by atoms with Crippen molar-refractivity contribution >= 4 is 0 Å². The van der Waals surface area contributed by atoms with Crippen LogP contribution in [0.25, 0.3) is 0 Å². The van der Waals surface area contributed by atoms with Crippen LogP contribution in [0.3, 0.4) is 0 Å². The Morgan fingerprint density at radius 1 is 1.35 bits per heavy atom. The number of hydrogen-bond acceptors (Lipinski definition) is 4. The molecule has 2 N–H and O–H groups in total. The van der Waals surface area contributed by atoms with Crippen LogP contribution in [0.4, 0.5) is 0 Å². The van der Waals surface area contributed by atoms with Crippen LogP contribution in [0.2, 0.25) is 0 Å². The third-order valence-electron chi connectivity index (χ3n) is 3.63. The minimum absolute atomic E-state index is 0.128. The molecule has 0 radical (unpaired) electrons. The predicted molar refractivity (Wildman–Crippen MR) is 79.5 cm³/mol. The van der Waals surface area contributed by atoms with E-state index in [2.05, 4.69) is 18.3 Å². The summed E-state index contributed by atoms with van der Waals surface area (Å²) >= 11 is 0. The van der Waals surface area contributed by atoms with Gasteiger partial charge in [0.25, 0.3) is 0 Å². The van der Waals surface area contributed by atoms with Crippen LogP contribution in [-0.2, 0) is 6.42 Å². The summed E-state index contributed by atoms with van der Waals surface area (Å²) in [6.07, 6.45) is 4.23. The van der Waals surface area contributed by atoms with Crippen LogP contribution in [0, 0.1) is 0 Å². The molecule has 0 amide bonds. The Bertz CT molecular complexity index is 418. The maximum atomic E-state index is 9.33. The van der Waals surface area contributed by atoms with Gasteiger partial charge >= 0.3 is 0 Å². The van der Waals surface area contributed by atoms with Crippen molar-refractivity contribution in [2.75, 3.05) is 20.3 Å². The zero-order chi connectivity index (χ0) is 14.4. The van der Waals surface area contributed by atoms with Gasteiger partial charge in [-0.2, -0.15) is 0 Å². The molecule has 0 saturated heterocycles. The second kappa shape index (κ2) is 7.50. The van der Waals surface area contributed by atoms with E-state index in [1.54, 1.807) is 7.11 Å². The second-order valence-electron chi connectivity index (χ2n) is 5.30. The van der Waals surface area contributed by atoms with E-state index in [0.29, 0.717) is 12.6 Å². The lowest BCUT2D eigenvalue weighted by atomic mass is 10.1. The van der Waals surface area contributed by atoms with E-state index in [4.69, 9.17) is 9.47 Å². The summed E-state index contributed by atoms with van der Waals surface area (Å²) < 4.78 is 11.1. The largest absolute Gasteiger partial charge is 0.493 e. The Labute approximate surface area is 121 Å². The molecule has 112 valence electrons. The van der Waals surface area contributed by atoms with Crippen molar-refractivity contribution in [2.45, 2.75) is 44.7 Å². The summed E-state index contributed by atoms with van der Waals surface area (Å²) in [6, 6.07) is 6.76. The molecule has 0 spiro atoms.